The van der Waals surface area contributed by atoms with E-state index in [4.69, 9.17) is 10.5 Å². The fourth-order valence-corrected chi connectivity index (χ4v) is 2.73. The predicted molar refractivity (Wildman–Crippen MR) is 115 cm³/mol. The number of benzene rings is 2. The summed E-state index contributed by atoms with van der Waals surface area (Å²) in [5.41, 5.74) is 7.73. The number of rotatable bonds is 9. The Morgan fingerprint density at radius 1 is 1.07 bits per heavy atom. The van der Waals surface area contributed by atoms with Crippen LogP contribution in [0.3, 0.4) is 0 Å². The van der Waals surface area contributed by atoms with E-state index in [1.165, 1.54) is 0 Å². The smallest absolute Gasteiger partial charge is 0.329 e. The van der Waals surface area contributed by atoms with Crippen molar-refractivity contribution in [1.82, 2.24) is 5.32 Å². The van der Waals surface area contributed by atoms with E-state index >= 15 is 0 Å². The Morgan fingerprint density at radius 3 is 2.28 bits per heavy atom. The Balaban J connectivity index is 0.00000420. The van der Waals surface area contributed by atoms with Gasteiger partial charge in [-0.3, -0.25) is 4.79 Å². The molecule has 1 amide bonds. The van der Waals surface area contributed by atoms with Crippen molar-refractivity contribution in [2.75, 3.05) is 0 Å². The van der Waals surface area contributed by atoms with E-state index in [2.05, 4.69) is 5.32 Å². The van der Waals surface area contributed by atoms with Crippen LogP contribution in [0.5, 0.6) is 5.75 Å². The summed E-state index contributed by atoms with van der Waals surface area (Å²) in [7, 11) is 0. The molecule has 0 aliphatic heterocycles. The van der Waals surface area contributed by atoms with Gasteiger partial charge in [-0.05, 0) is 35.6 Å². The van der Waals surface area contributed by atoms with Gasteiger partial charge in [0, 0.05) is 0 Å². The quantitative estimate of drug-likeness (QED) is 0.541. The first-order valence-corrected chi connectivity index (χ1v) is 9.45. The van der Waals surface area contributed by atoms with Gasteiger partial charge < -0.3 is 20.9 Å². The van der Waals surface area contributed by atoms with Crippen LogP contribution >= 0.6 is 12.4 Å². The molecular weight excluding hydrogens is 392 g/mol. The fourth-order valence-electron chi connectivity index (χ4n) is 2.73. The molecule has 6 nitrogen and oxygen atoms in total. The first kappa shape index (κ1) is 24.5. The van der Waals surface area contributed by atoms with E-state index in [0.717, 1.165) is 11.1 Å². The summed E-state index contributed by atoms with van der Waals surface area (Å²) in [6, 6.07) is 14.3. The minimum absolute atomic E-state index is 0. The van der Waals surface area contributed by atoms with Crippen molar-refractivity contribution in [2.45, 2.75) is 45.4 Å². The van der Waals surface area contributed by atoms with Gasteiger partial charge in [0.05, 0.1) is 6.04 Å². The van der Waals surface area contributed by atoms with E-state index < -0.39 is 24.0 Å². The van der Waals surface area contributed by atoms with E-state index in [1.807, 2.05) is 44.2 Å². The van der Waals surface area contributed by atoms with E-state index in [0.29, 0.717) is 12.8 Å². The van der Waals surface area contributed by atoms with Crippen LogP contribution in [0.25, 0.3) is 0 Å². The molecule has 0 fully saturated rings. The molecule has 2 rings (SSSR count). The number of carbonyl (C=O) groups is 2. The maximum Gasteiger partial charge on any atom is 0.329 e. The zero-order valence-electron chi connectivity index (χ0n) is 16.7. The van der Waals surface area contributed by atoms with E-state index in [9.17, 15) is 14.7 Å². The van der Waals surface area contributed by atoms with Gasteiger partial charge in [0.1, 0.15) is 18.4 Å². The highest BCUT2D eigenvalue weighted by molar-refractivity contribution is 5.87. The van der Waals surface area contributed by atoms with Crippen LogP contribution in [-0.2, 0) is 27.4 Å². The van der Waals surface area contributed by atoms with Gasteiger partial charge >= 0.3 is 5.97 Å². The SMILES string of the molecule is CC[C@H](C)[C@H](NC(=O)[C@@H](N)Cc1ccc(O)cc1)C(=O)OCc1ccccc1.Cl. The first-order chi connectivity index (χ1) is 13.4. The molecule has 29 heavy (non-hydrogen) atoms. The average Bonchev–Trinajstić information content (AvgIpc) is 2.71. The monoisotopic (exact) mass is 420 g/mol. The molecule has 0 saturated heterocycles. The number of halogens is 1. The minimum Gasteiger partial charge on any atom is -0.508 e. The van der Waals surface area contributed by atoms with Gasteiger partial charge in [-0.25, -0.2) is 4.79 Å². The molecule has 0 aliphatic rings. The summed E-state index contributed by atoms with van der Waals surface area (Å²) >= 11 is 0. The molecule has 3 atom stereocenters. The van der Waals surface area contributed by atoms with Crippen molar-refractivity contribution in [3.8, 4) is 5.75 Å². The summed E-state index contributed by atoms with van der Waals surface area (Å²) in [6.07, 6.45) is 1.01. The number of hydrogen-bond acceptors (Lipinski definition) is 5. The fraction of sp³-hybridized carbons (Fsp3) is 0.364. The van der Waals surface area contributed by atoms with Crippen LogP contribution in [0.15, 0.2) is 54.6 Å². The number of hydrogen-bond donors (Lipinski definition) is 3. The molecule has 0 aromatic heterocycles. The van der Waals surface area contributed by atoms with Crippen LogP contribution in [0.1, 0.15) is 31.4 Å². The molecule has 0 aliphatic carbocycles. The summed E-state index contributed by atoms with van der Waals surface area (Å²) in [5.74, 6) is -0.814. The van der Waals surface area contributed by atoms with Crippen LogP contribution in [0.4, 0.5) is 0 Å². The van der Waals surface area contributed by atoms with E-state index in [-0.39, 0.29) is 30.7 Å². The lowest BCUT2D eigenvalue weighted by atomic mass is 9.98. The number of amides is 1. The molecule has 0 heterocycles. The third kappa shape index (κ3) is 7.75. The third-order valence-electron chi connectivity index (χ3n) is 4.72. The Bertz CT molecular complexity index is 768. The molecule has 7 heteroatoms. The normalized spacial score (nSPS) is 13.5. The zero-order valence-corrected chi connectivity index (χ0v) is 17.5. The highest BCUT2D eigenvalue weighted by Gasteiger charge is 2.29. The summed E-state index contributed by atoms with van der Waals surface area (Å²) < 4.78 is 5.40. The second kappa shape index (κ2) is 12.1. The number of phenols is 1. The summed E-state index contributed by atoms with van der Waals surface area (Å²) in [5, 5.41) is 12.1. The number of nitrogens with one attached hydrogen (secondary N) is 1. The molecule has 0 unspecified atom stereocenters. The first-order valence-electron chi connectivity index (χ1n) is 9.45. The number of carbonyl (C=O) groups excluding carboxylic acids is 2. The maximum absolute atomic E-state index is 12.6. The van der Waals surface area contributed by atoms with Crippen molar-refractivity contribution >= 4 is 24.3 Å². The van der Waals surface area contributed by atoms with Crippen LogP contribution in [0, 0.1) is 5.92 Å². The number of phenolic OH excluding ortho intramolecular Hbond substituents is 1. The van der Waals surface area contributed by atoms with E-state index in [1.54, 1.807) is 24.3 Å². The molecule has 0 radical (unpaired) electrons. The Labute approximate surface area is 177 Å². The maximum atomic E-state index is 12.6. The van der Waals surface area contributed by atoms with Crippen molar-refractivity contribution < 1.29 is 19.4 Å². The molecule has 2 aromatic carbocycles. The van der Waals surface area contributed by atoms with Gasteiger partial charge in [-0.15, -0.1) is 12.4 Å². The van der Waals surface area contributed by atoms with Gasteiger partial charge in [-0.2, -0.15) is 0 Å². The van der Waals surface area contributed by atoms with Gasteiger partial charge in [-0.1, -0.05) is 62.7 Å². The molecule has 158 valence electrons. The largest absolute Gasteiger partial charge is 0.508 e. The second-order valence-electron chi connectivity index (χ2n) is 6.94. The number of nitrogens with two attached hydrogens (primary N) is 1. The molecule has 0 spiro atoms. The second-order valence-corrected chi connectivity index (χ2v) is 6.94. The van der Waals surface area contributed by atoms with Crippen molar-refractivity contribution in [2.24, 2.45) is 11.7 Å². The van der Waals surface area contributed by atoms with Gasteiger partial charge in [0.15, 0.2) is 0 Å². The van der Waals surface area contributed by atoms with Gasteiger partial charge in [0.25, 0.3) is 0 Å². The number of ether oxygens (including phenoxy) is 1. The van der Waals surface area contributed by atoms with Gasteiger partial charge in [0.2, 0.25) is 5.91 Å². The number of aromatic hydroxyl groups is 1. The van der Waals surface area contributed by atoms with Crippen LogP contribution in [-0.4, -0.2) is 29.1 Å². The highest BCUT2D eigenvalue weighted by atomic mass is 35.5. The highest BCUT2D eigenvalue weighted by Crippen LogP contribution is 2.13. The zero-order chi connectivity index (χ0) is 20.5. The minimum atomic E-state index is -0.807. The third-order valence-corrected chi connectivity index (χ3v) is 4.72. The Hall–Kier alpha value is -2.57. The number of esters is 1. The summed E-state index contributed by atoms with van der Waals surface area (Å²) in [4.78, 5) is 25.1. The topological polar surface area (TPSA) is 102 Å². The summed E-state index contributed by atoms with van der Waals surface area (Å²) in [6.45, 7) is 3.99. The molecular formula is C22H29ClN2O4. The molecule has 0 saturated carbocycles. The Morgan fingerprint density at radius 2 is 1.69 bits per heavy atom. The van der Waals surface area contributed by atoms with Crippen LogP contribution in [0.2, 0.25) is 0 Å². The predicted octanol–water partition coefficient (Wildman–Crippen LogP) is 2.96. The van der Waals surface area contributed by atoms with Crippen LogP contribution < -0.4 is 11.1 Å². The van der Waals surface area contributed by atoms with Crippen molar-refractivity contribution in [1.29, 1.82) is 0 Å². The lowest BCUT2D eigenvalue weighted by molar-refractivity contribution is -0.150. The standard InChI is InChI=1S/C22H28N2O4.ClH/c1-3-15(2)20(22(27)28-14-17-7-5-4-6-8-17)24-21(26)19(23)13-16-9-11-18(25)12-10-16;/h4-12,15,19-20,25H,3,13-14,23H2,1-2H3,(H,24,26);1H/t15-,19-,20-;/m0./s1. The Kier molecular flexibility index (Phi) is 10.2. The average molecular weight is 421 g/mol. The lowest BCUT2D eigenvalue weighted by Crippen LogP contribution is -2.52. The van der Waals surface area contributed by atoms with Crippen molar-refractivity contribution in [3.05, 3.63) is 65.7 Å². The molecule has 0 bridgehead atoms. The molecule has 4 N–H and O–H groups in total. The molecule has 2 aromatic rings. The lowest BCUT2D eigenvalue weighted by Gasteiger charge is -2.24. The van der Waals surface area contributed by atoms with Crippen molar-refractivity contribution in [3.63, 3.8) is 0 Å².